The fraction of sp³-hybridized carbons (Fsp3) is 0.300. The SMILES string of the molecule is COc1ccccc1/C=N/NC(=O)COc1cc(C)ccc1C(C)C. The number of methoxy groups -OCH3 is 1. The molecule has 0 radical (unpaired) electrons. The zero-order valence-corrected chi connectivity index (χ0v) is 15.1. The molecular formula is C20H24N2O3. The molecule has 0 aliphatic rings. The summed E-state index contributed by atoms with van der Waals surface area (Å²) < 4.78 is 10.9. The Labute approximate surface area is 148 Å². The second kappa shape index (κ2) is 8.87. The predicted octanol–water partition coefficient (Wildman–Crippen LogP) is 3.66. The first-order valence-electron chi connectivity index (χ1n) is 8.19. The van der Waals surface area contributed by atoms with Crippen molar-refractivity contribution in [3.63, 3.8) is 0 Å². The lowest BCUT2D eigenvalue weighted by Crippen LogP contribution is -2.25. The Hall–Kier alpha value is -2.82. The number of rotatable bonds is 7. The van der Waals surface area contributed by atoms with Crippen LogP contribution >= 0.6 is 0 Å². The van der Waals surface area contributed by atoms with Gasteiger partial charge in [-0.25, -0.2) is 5.43 Å². The number of benzene rings is 2. The monoisotopic (exact) mass is 340 g/mol. The number of aryl methyl sites for hydroxylation is 1. The number of carbonyl (C=O) groups is 1. The van der Waals surface area contributed by atoms with Gasteiger partial charge >= 0.3 is 0 Å². The topological polar surface area (TPSA) is 59.9 Å². The third-order valence-corrected chi connectivity index (χ3v) is 3.68. The Kier molecular flexibility index (Phi) is 6.57. The maximum absolute atomic E-state index is 11.9. The van der Waals surface area contributed by atoms with Crippen molar-refractivity contribution in [3.8, 4) is 11.5 Å². The fourth-order valence-corrected chi connectivity index (χ4v) is 2.37. The van der Waals surface area contributed by atoms with Crippen LogP contribution in [0, 0.1) is 6.92 Å². The molecule has 2 rings (SSSR count). The lowest BCUT2D eigenvalue weighted by Gasteiger charge is -2.14. The highest BCUT2D eigenvalue weighted by Gasteiger charge is 2.10. The first-order valence-corrected chi connectivity index (χ1v) is 8.19. The molecule has 2 aromatic rings. The summed E-state index contributed by atoms with van der Waals surface area (Å²) in [6, 6.07) is 13.5. The first kappa shape index (κ1) is 18.5. The van der Waals surface area contributed by atoms with Crippen LogP contribution in [-0.2, 0) is 4.79 Å². The summed E-state index contributed by atoms with van der Waals surface area (Å²) in [5.74, 6) is 1.43. The van der Waals surface area contributed by atoms with Crippen molar-refractivity contribution in [2.24, 2.45) is 5.10 Å². The van der Waals surface area contributed by atoms with E-state index in [1.165, 1.54) is 0 Å². The normalized spacial score (nSPS) is 10.9. The molecule has 132 valence electrons. The molecule has 0 saturated carbocycles. The quantitative estimate of drug-likeness (QED) is 0.618. The number of hydrogen-bond acceptors (Lipinski definition) is 4. The van der Waals surface area contributed by atoms with Crippen LogP contribution in [0.25, 0.3) is 0 Å². The van der Waals surface area contributed by atoms with E-state index in [2.05, 4.69) is 24.4 Å². The molecule has 5 nitrogen and oxygen atoms in total. The molecule has 0 aliphatic carbocycles. The number of carbonyl (C=O) groups excluding carboxylic acids is 1. The minimum Gasteiger partial charge on any atom is -0.496 e. The van der Waals surface area contributed by atoms with Gasteiger partial charge in [0.2, 0.25) is 0 Å². The molecule has 0 fully saturated rings. The van der Waals surface area contributed by atoms with Crippen molar-refractivity contribution in [2.45, 2.75) is 26.7 Å². The van der Waals surface area contributed by atoms with E-state index >= 15 is 0 Å². The van der Waals surface area contributed by atoms with Crippen molar-refractivity contribution in [3.05, 3.63) is 59.2 Å². The van der Waals surface area contributed by atoms with E-state index in [4.69, 9.17) is 9.47 Å². The summed E-state index contributed by atoms with van der Waals surface area (Å²) in [4.78, 5) is 11.9. The zero-order chi connectivity index (χ0) is 18.2. The van der Waals surface area contributed by atoms with Crippen LogP contribution in [-0.4, -0.2) is 25.8 Å². The van der Waals surface area contributed by atoms with E-state index in [9.17, 15) is 4.79 Å². The van der Waals surface area contributed by atoms with Crippen molar-refractivity contribution >= 4 is 12.1 Å². The standard InChI is InChI=1S/C20H24N2O3/c1-14(2)17-10-9-15(3)11-19(17)25-13-20(23)22-21-12-16-7-5-6-8-18(16)24-4/h5-12,14H,13H2,1-4H3,(H,22,23)/b21-12+. The van der Waals surface area contributed by atoms with Gasteiger partial charge in [0.25, 0.3) is 5.91 Å². The minimum atomic E-state index is -0.317. The molecule has 5 heteroatoms. The van der Waals surface area contributed by atoms with Gasteiger partial charge in [-0.15, -0.1) is 0 Å². The summed E-state index contributed by atoms with van der Waals surface area (Å²) in [6.07, 6.45) is 1.54. The summed E-state index contributed by atoms with van der Waals surface area (Å²) in [7, 11) is 1.59. The highest BCUT2D eigenvalue weighted by molar-refractivity contribution is 5.85. The highest BCUT2D eigenvalue weighted by atomic mass is 16.5. The molecule has 2 aromatic carbocycles. The van der Waals surface area contributed by atoms with E-state index < -0.39 is 0 Å². The molecule has 25 heavy (non-hydrogen) atoms. The average molecular weight is 340 g/mol. The van der Waals surface area contributed by atoms with Gasteiger partial charge in [0.15, 0.2) is 6.61 Å². The van der Waals surface area contributed by atoms with E-state index in [0.29, 0.717) is 11.7 Å². The van der Waals surface area contributed by atoms with Crippen LogP contribution in [0.5, 0.6) is 11.5 Å². The predicted molar refractivity (Wildman–Crippen MR) is 99.5 cm³/mol. The Morgan fingerprint density at radius 2 is 1.96 bits per heavy atom. The van der Waals surface area contributed by atoms with E-state index in [-0.39, 0.29) is 12.5 Å². The Morgan fingerprint density at radius 1 is 1.20 bits per heavy atom. The number of para-hydroxylation sites is 1. The Balaban J connectivity index is 1.93. The van der Waals surface area contributed by atoms with Crippen molar-refractivity contribution in [1.29, 1.82) is 0 Å². The van der Waals surface area contributed by atoms with Crippen LogP contribution in [0.2, 0.25) is 0 Å². The van der Waals surface area contributed by atoms with Crippen LogP contribution in [0.3, 0.4) is 0 Å². The third-order valence-electron chi connectivity index (χ3n) is 3.68. The number of nitrogens with one attached hydrogen (secondary N) is 1. The molecule has 0 saturated heterocycles. The summed E-state index contributed by atoms with van der Waals surface area (Å²) in [5.41, 5.74) is 5.42. The molecule has 0 unspecified atom stereocenters. The van der Waals surface area contributed by atoms with E-state index in [1.54, 1.807) is 13.3 Å². The number of hydrazone groups is 1. The number of ether oxygens (including phenoxy) is 2. The van der Waals surface area contributed by atoms with E-state index in [0.717, 1.165) is 22.4 Å². The van der Waals surface area contributed by atoms with Gasteiger partial charge in [-0.3, -0.25) is 4.79 Å². The molecule has 1 N–H and O–H groups in total. The molecule has 0 bridgehead atoms. The maximum Gasteiger partial charge on any atom is 0.277 e. The lowest BCUT2D eigenvalue weighted by atomic mass is 10.0. The number of nitrogens with zero attached hydrogens (tertiary/aromatic N) is 1. The zero-order valence-electron chi connectivity index (χ0n) is 15.1. The number of hydrogen-bond donors (Lipinski definition) is 1. The van der Waals surface area contributed by atoms with Crippen LogP contribution in [0.4, 0.5) is 0 Å². The van der Waals surface area contributed by atoms with Gasteiger partial charge in [-0.2, -0.15) is 5.10 Å². The molecule has 0 aromatic heterocycles. The fourth-order valence-electron chi connectivity index (χ4n) is 2.37. The molecule has 0 aliphatic heterocycles. The van der Waals surface area contributed by atoms with Crippen molar-refractivity contribution in [1.82, 2.24) is 5.43 Å². The van der Waals surface area contributed by atoms with Crippen LogP contribution < -0.4 is 14.9 Å². The summed E-state index contributed by atoms with van der Waals surface area (Å²) in [5, 5.41) is 3.95. The van der Waals surface area contributed by atoms with Crippen molar-refractivity contribution < 1.29 is 14.3 Å². The second-order valence-electron chi connectivity index (χ2n) is 6.02. The highest BCUT2D eigenvalue weighted by Crippen LogP contribution is 2.27. The molecule has 1 amide bonds. The third kappa shape index (κ3) is 5.35. The molecule has 0 spiro atoms. The van der Waals surface area contributed by atoms with Gasteiger partial charge in [0.05, 0.1) is 13.3 Å². The van der Waals surface area contributed by atoms with Gasteiger partial charge < -0.3 is 9.47 Å². The largest absolute Gasteiger partial charge is 0.496 e. The first-order chi connectivity index (χ1) is 12.0. The van der Waals surface area contributed by atoms with Crippen LogP contribution in [0.15, 0.2) is 47.6 Å². The summed E-state index contributed by atoms with van der Waals surface area (Å²) in [6.45, 7) is 6.09. The van der Waals surface area contributed by atoms with Gasteiger partial charge in [0.1, 0.15) is 11.5 Å². The lowest BCUT2D eigenvalue weighted by molar-refractivity contribution is -0.123. The maximum atomic E-state index is 11.9. The van der Waals surface area contributed by atoms with Crippen LogP contribution in [0.1, 0.15) is 36.5 Å². The minimum absolute atomic E-state index is 0.0908. The van der Waals surface area contributed by atoms with Crippen molar-refractivity contribution in [2.75, 3.05) is 13.7 Å². The summed E-state index contributed by atoms with van der Waals surface area (Å²) >= 11 is 0. The van der Waals surface area contributed by atoms with Gasteiger partial charge in [-0.05, 0) is 42.2 Å². The molecular weight excluding hydrogens is 316 g/mol. The Morgan fingerprint density at radius 3 is 2.68 bits per heavy atom. The van der Waals surface area contributed by atoms with Gasteiger partial charge in [0, 0.05) is 5.56 Å². The number of amides is 1. The van der Waals surface area contributed by atoms with E-state index in [1.807, 2.05) is 49.4 Å². The average Bonchev–Trinajstić information content (AvgIpc) is 2.60. The molecule has 0 heterocycles. The Bertz CT molecular complexity index is 754. The molecule has 0 atom stereocenters. The van der Waals surface area contributed by atoms with Gasteiger partial charge in [-0.1, -0.05) is 38.1 Å². The second-order valence-corrected chi connectivity index (χ2v) is 6.02. The smallest absolute Gasteiger partial charge is 0.277 e.